The Balaban J connectivity index is 1.62. The van der Waals surface area contributed by atoms with Gasteiger partial charge in [-0.3, -0.25) is 4.79 Å². The van der Waals surface area contributed by atoms with Crippen molar-refractivity contribution in [2.24, 2.45) is 0 Å². The van der Waals surface area contributed by atoms with Crippen LogP contribution in [0.15, 0.2) is 42.7 Å². The third-order valence-electron chi connectivity index (χ3n) is 3.52. The van der Waals surface area contributed by atoms with E-state index in [9.17, 15) is 4.79 Å². The molecule has 1 amide bonds. The smallest absolute Gasteiger partial charge is 0.272 e. The largest absolute Gasteiger partial charge is 0.352 e. The van der Waals surface area contributed by atoms with Gasteiger partial charge < -0.3 is 19.5 Å². The van der Waals surface area contributed by atoms with Crippen LogP contribution < -0.4 is 5.32 Å². The molecule has 0 spiro atoms. The van der Waals surface area contributed by atoms with Crippen molar-refractivity contribution in [2.45, 2.75) is 12.1 Å². The lowest BCUT2D eigenvalue weighted by molar-refractivity contribution is -0.238. The number of rotatable bonds is 6. The fraction of sp³-hybridized carbons (Fsp3) is 0.333. The number of hydrogen-bond donors (Lipinski definition) is 1. The van der Waals surface area contributed by atoms with Gasteiger partial charge in [0.05, 0.1) is 6.54 Å². The number of hydrogen-bond acceptors (Lipinski definition) is 7. The summed E-state index contributed by atoms with van der Waals surface area (Å²) in [5, 5.41) is 14.6. The Morgan fingerprint density at radius 3 is 2.88 bits per heavy atom. The standard InChI is InChI=1S/C15H17N5O4/c1-22-13-6-7-15(23-2,24-13)10-16-14(21)11-4-5-12(19-18-11)20-9-3-8-17-20/h3-9,13H,10H2,1-2H3,(H,16,21)/t13-,15-/m0/s1. The van der Waals surface area contributed by atoms with Crippen molar-refractivity contribution >= 4 is 5.91 Å². The summed E-state index contributed by atoms with van der Waals surface area (Å²) >= 11 is 0. The highest BCUT2D eigenvalue weighted by atomic mass is 16.8. The molecular weight excluding hydrogens is 314 g/mol. The predicted octanol–water partition coefficient (Wildman–Crippen LogP) is 0.294. The summed E-state index contributed by atoms with van der Waals surface area (Å²) < 4.78 is 17.5. The topological polar surface area (TPSA) is 100 Å². The number of ether oxygens (including phenoxy) is 3. The van der Waals surface area contributed by atoms with E-state index in [2.05, 4.69) is 20.6 Å². The van der Waals surface area contributed by atoms with E-state index in [0.717, 1.165) is 0 Å². The Hall–Kier alpha value is -2.62. The number of carbonyl (C=O) groups is 1. The third-order valence-corrected chi connectivity index (χ3v) is 3.52. The molecule has 0 unspecified atom stereocenters. The predicted molar refractivity (Wildman–Crippen MR) is 82.2 cm³/mol. The van der Waals surface area contributed by atoms with E-state index in [0.29, 0.717) is 5.82 Å². The lowest BCUT2D eigenvalue weighted by atomic mass is 10.2. The Kier molecular flexibility index (Phi) is 4.65. The van der Waals surface area contributed by atoms with Crippen LogP contribution in [0.25, 0.3) is 5.82 Å². The van der Waals surface area contributed by atoms with Crippen molar-refractivity contribution in [3.8, 4) is 5.82 Å². The van der Waals surface area contributed by atoms with Crippen LogP contribution in [0.5, 0.6) is 0 Å². The Morgan fingerprint density at radius 1 is 1.42 bits per heavy atom. The lowest BCUT2D eigenvalue weighted by Crippen LogP contribution is -2.44. The molecule has 0 saturated heterocycles. The van der Waals surface area contributed by atoms with Crippen LogP contribution in [0.3, 0.4) is 0 Å². The molecule has 3 rings (SSSR count). The fourth-order valence-electron chi connectivity index (χ4n) is 2.18. The van der Waals surface area contributed by atoms with Crippen molar-refractivity contribution < 1.29 is 19.0 Å². The van der Waals surface area contributed by atoms with Crippen molar-refractivity contribution in [3.05, 3.63) is 48.4 Å². The maximum Gasteiger partial charge on any atom is 0.272 e. The van der Waals surface area contributed by atoms with E-state index in [1.165, 1.54) is 14.2 Å². The highest BCUT2D eigenvalue weighted by Gasteiger charge is 2.36. The highest BCUT2D eigenvalue weighted by Crippen LogP contribution is 2.24. The number of carbonyl (C=O) groups excluding carboxylic acids is 1. The molecule has 24 heavy (non-hydrogen) atoms. The highest BCUT2D eigenvalue weighted by molar-refractivity contribution is 5.92. The molecule has 0 radical (unpaired) electrons. The molecule has 0 aromatic carbocycles. The van der Waals surface area contributed by atoms with Crippen molar-refractivity contribution in [3.63, 3.8) is 0 Å². The van der Waals surface area contributed by atoms with Crippen LogP contribution in [0.1, 0.15) is 10.5 Å². The molecule has 1 aliphatic rings. The van der Waals surface area contributed by atoms with Gasteiger partial charge in [-0.1, -0.05) is 0 Å². The third kappa shape index (κ3) is 3.32. The zero-order chi connectivity index (χ0) is 17.0. The maximum absolute atomic E-state index is 12.2. The van der Waals surface area contributed by atoms with Crippen LogP contribution in [0.2, 0.25) is 0 Å². The number of amides is 1. The van der Waals surface area contributed by atoms with Crippen molar-refractivity contribution in [1.29, 1.82) is 0 Å². The molecule has 2 atom stereocenters. The Labute approximate surface area is 138 Å². The van der Waals surface area contributed by atoms with Gasteiger partial charge in [-0.2, -0.15) is 5.10 Å². The molecule has 1 aliphatic heterocycles. The van der Waals surface area contributed by atoms with Crippen LogP contribution in [-0.4, -0.2) is 58.7 Å². The monoisotopic (exact) mass is 331 g/mol. The normalized spacial score (nSPS) is 22.7. The van der Waals surface area contributed by atoms with Gasteiger partial charge in [-0.05, 0) is 30.4 Å². The van der Waals surface area contributed by atoms with Crippen molar-refractivity contribution in [1.82, 2.24) is 25.3 Å². The van der Waals surface area contributed by atoms with Crippen LogP contribution in [0, 0.1) is 0 Å². The molecule has 0 saturated carbocycles. The minimum absolute atomic E-state index is 0.112. The van der Waals surface area contributed by atoms with E-state index in [1.54, 1.807) is 47.4 Å². The molecule has 0 aliphatic carbocycles. The molecule has 0 fully saturated rings. The zero-order valence-corrected chi connectivity index (χ0v) is 13.2. The van der Waals surface area contributed by atoms with Crippen LogP contribution >= 0.6 is 0 Å². The quantitative estimate of drug-likeness (QED) is 0.760. The minimum Gasteiger partial charge on any atom is -0.352 e. The van der Waals surface area contributed by atoms with E-state index >= 15 is 0 Å². The molecule has 126 valence electrons. The summed E-state index contributed by atoms with van der Waals surface area (Å²) in [6.07, 6.45) is 6.29. The molecule has 9 nitrogen and oxygen atoms in total. The first-order valence-corrected chi connectivity index (χ1v) is 7.23. The summed E-state index contributed by atoms with van der Waals surface area (Å²) in [6, 6.07) is 5.00. The van der Waals surface area contributed by atoms with Crippen molar-refractivity contribution in [2.75, 3.05) is 20.8 Å². The number of methoxy groups -OCH3 is 2. The summed E-state index contributed by atoms with van der Waals surface area (Å²) in [4.78, 5) is 12.2. The first kappa shape index (κ1) is 16.2. The van der Waals surface area contributed by atoms with Gasteiger partial charge in [0.2, 0.25) is 5.79 Å². The molecule has 2 aromatic heterocycles. The van der Waals surface area contributed by atoms with Crippen LogP contribution in [-0.2, 0) is 14.2 Å². The molecule has 1 N–H and O–H groups in total. The summed E-state index contributed by atoms with van der Waals surface area (Å²) in [5.74, 6) is -0.919. The molecule has 9 heteroatoms. The van der Waals surface area contributed by atoms with Crippen LogP contribution in [0.4, 0.5) is 0 Å². The maximum atomic E-state index is 12.2. The molecule has 0 bridgehead atoms. The molecular formula is C15H17N5O4. The summed E-state index contributed by atoms with van der Waals surface area (Å²) in [6.45, 7) is 0.112. The Morgan fingerprint density at radius 2 is 2.29 bits per heavy atom. The molecule has 3 heterocycles. The first-order valence-electron chi connectivity index (χ1n) is 7.23. The van der Waals surface area contributed by atoms with Gasteiger partial charge in [0.15, 0.2) is 17.8 Å². The summed E-state index contributed by atoms with van der Waals surface area (Å²) in [7, 11) is 3.02. The number of aromatic nitrogens is 4. The lowest BCUT2D eigenvalue weighted by Gasteiger charge is -2.27. The number of nitrogens with zero attached hydrogens (tertiary/aromatic N) is 4. The average molecular weight is 331 g/mol. The van der Waals surface area contributed by atoms with Gasteiger partial charge in [-0.15, -0.1) is 10.2 Å². The van der Waals surface area contributed by atoms with E-state index in [-0.39, 0.29) is 18.1 Å². The van der Waals surface area contributed by atoms with E-state index < -0.39 is 12.1 Å². The zero-order valence-electron chi connectivity index (χ0n) is 13.2. The Bertz CT molecular complexity index is 716. The second kappa shape index (κ2) is 6.87. The second-order valence-electron chi connectivity index (χ2n) is 5.01. The minimum atomic E-state index is -1.06. The number of nitrogens with one attached hydrogen (secondary N) is 1. The van der Waals surface area contributed by atoms with Gasteiger partial charge in [-0.25, -0.2) is 4.68 Å². The van der Waals surface area contributed by atoms with Gasteiger partial charge in [0.1, 0.15) is 0 Å². The van der Waals surface area contributed by atoms with E-state index in [1.807, 2.05) is 0 Å². The van der Waals surface area contributed by atoms with Gasteiger partial charge in [0, 0.05) is 26.6 Å². The SMILES string of the molecule is CO[C@@H]1C=C[C@](CNC(=O)c2ccc(-n3cccn3)nn2)(OC)O1. The van der Waals surface area contributed by atoms with E-state index in [4.69, 9.17) is 14.2 Å². The molecule has 2 aromatic rings. The fourth-order valence-corrected chi connectivity index (χ4v) is 2.18. The van der Waals surface area contributed by atoms with Gasteiger partial charge in [0.25, 0.3) is 5.91 Å². The first-order chi connectivity index (χ1) is 11.7. The van der Waals surface area contributed by atoms with Gasteiger partial charge >= 0.3 is 0 Å². The average Bonchev–Trinajstić information content (AvgIpc) is 3.30. The summed E-state index contributed by atoms with van der Waals surface area (Å²) in [5.41, 5.74) is 0.183. The second-order valence-corrected chi connectivity index (χ2v) is 5.01.